The number of esters is 1. The van der Waals surface area contributed by atoms with E-state index in [-0.39, 0.29) is 28.0 Å². The number of aromatic nitrogens is 1. The van der Waals surface area contributed by atoms with E-state index in [1.807, 2.05) is 60.7 Å². The highest BCUT2D eigenvalue weighted by molar-refractivity contribution is 9.28. The molecule has 5 rings (SSSR count). The number of thiazole rings is 1. The zero-order chi connectivity index (χ0) is 33.5. The van der Waals surface area contributed by atoms with Gasteiger partial charge in [-0.25, -0.2) is 14.6 Å². The van der Waals surface area contributed by atoms with Crippen molar-refractivity contribution in [3.8, 4) is 0 Å². The minimum atomic E-state index is -1.29. The van der Waals surface area contributed by atoms with Gasteiger partial charge in [-0.2, -0.15) is 0 Å². The summed E-state index contributed by atoms with van der Waals surface area (Å²) in [4.78, 5) is 73.0. The Labute approximate surface area is 292 Å². The first-order valence-electron chi connectivity index (χ1n) is 13.6. The number of nitrogens with zero attached hydrogens (tertiary/aromatic N) is 3. The largest absolute Gasteiger partial charge is 0.477 e. The van der Waals surface area contributed by atoms with E-state index in [1.165, 1.54) is 17.1 Å². The number of halogens is 2. The van der Waals surface area contributed by atoms with Gasteiger partial charge in [-0.3, -0.25) is 19.3 Å². The number of thioether (sulfide) groups is 1. The molecule has 2 aliphatic heterocycles. The summed E-state index contributed by atoms with van der Waals surface area (Å²) in [6, 6.07) is 17.2. The molecule has 1 unspecified atom stereocenters. The van der Waals surface area contributed by atoms with Crippen molar-refractivity contribution in [1.82, 2.24) is 15.2 Å². The zero-order valence-corrected chi connectivity index (χ0v) is 28.7. The fourth-order valence-corrected chi connectivity index (χ4v) is 7.21. The Kier molecular flexibility index (Phi) is 11.2. The third kappa shape index (κ3) is 7.98. The van der Waals surface area contributed by atoms with E-state index in [0.717, 1.165) is 27.4 Å². The number of amides is 3. The number of ether oxygens (including phenoxy) is 1. The number of hydrogen-bond donors (Lipinski definition) is 3. The number of nitrogens with one attached hydrogen (secondary N) is 2. The fourth-order valence-electron chi connectivity index (χ4n) is 4.70. The number of carboxylic acids is 1. The third-order valence-electron chi connectivity index (χ3n) is 6.71. The summed E-state index contributed by atoms with van der Waals surface area (Å²) >= 11 is 8.69. The summed E-state index contributed by atoms with van der Waals surface area (Å²) in [6.07, 6.45) is 1.23. The molecule has 0 aliphatic carbocycles. The topological polar surface area (TPSA) is 177 Å². The van der Waals surface area contributed by atoms with Crippen molar-refractivity contribution in [2.45, 2.75) is 17.5 Å². The van der Waals surface area contributed by atoms with E-state index < -0.39 is 47.9 Å². The first-order valence-corrected chi connectivity index (χ1v) is 17.1. The number of aliphatic carboxylic acids is 1. The average Bonchev–Trinajstić information content (AvgIpc) is 3.52. The maximum Gasteiger partial charge on any atom is 0.352 e. The van der Waals surface area contributed by atoms with Crippen molar-refractivity contribution < 1.29 is 38.7 Å². The van der Waals surface area contributed by atoms with E-state index in [0.29, 0.717) is 15.4 Å². The molecule has 3 amide bonds. The van der Waals surface area contributed by atoms with Gasteiger partial charge in [-0.05, 0) is 54.6 Å². The van der Waals surface area contributed by atoms with Gasteiger partial charge in [0.15, 0.2) is 16.9 Å². The van der Waals surface area contributed by atoms with Crippen LogP contribution in [0.4, 0.5) is 5.13 Å². The number of carboxylic acid groups (broad SMARTS) is 1. The predicted octanol–water partition coefficient (Wildman–Crippen LogP) is 4.13. The van der Waals surface area contributed by atoms with Crippen LogP contribution in [0, 0.1) is 0 Å². The molecule has 242 valence electrons. The number of hydrogen-bond acceptors (Lipinski definition) is 11. The predicted molar refractivity (Wildman–Crippen MR) is 181 cm³/mol. The molecule has 0 saturated carbocycles. The van der Waals surface area contributed by atoms with E-state index >= 15 is 0 Å². The lowest BCUT2D eigenvalue weighted by atomic mass is 10.0. The molecule has 0 spiro atoms. The van der Waals surface area contributed by atoms with Crippen LogP contribution in [0.5, 0.6) is 0 Å². The Morgan fingerprint density at radius 3 is 2.36 bits per heavy atom. The highest BCUT2D eigenvalue weighted by atomic mass is 79.9. The Morgan fingerprint density at radius 1 is 1.11 bits per heavy atom. The molecule has 3 N–H and O–H groups in total. The second-order valence-electron chi connectivity index (χ2n) is 9.68. The van der Waals surface area contributed by atoms with Crippen LogP contribution in [0.3, 0.4) is 0 Å². The van der Waals surface area contributed by atoms with Crippen LogP contribution in [0.1, 0.15) is 22.9 Å². The quantitative estimate of drug-likeness (QED) is 0.0749. The van der Waals surface area contributed by atoms with Gasteiger partial charge in [-0.1, -0.05) is 65.8 Å². The van der Waals surface area contributed by atoms with Gasteiger partial charge in [0, 0.05) is 11.1 Å². The number of allylic oxidation sites excluding steroid dienone is 1. The molecular weight excluding hydrogens is 782 g/mol. The van der Waals surface area contributed by atoms with Crippen LogP contribution >= 0.6 is 55.0 Å². The number of benzene rings is 2. The standard InChI is InChI=1S/C30H23Br2N5O8S2/c31-20(32)11-18-13-46-28-23(27(41)37(28)24(18)29(42)43)35-26(40)22(19-14-47-30(34-19)33-15-38)36-44-12-21(39)45-25(16-7-3-1-4-8-16)17-9-5-2-6-10-17/h1-11,14-15,23,25,28H,12-13H2,(H,35,40)(H,42,43)(H,33,34,38)/b36-22+/t23?,28-/m1/s1. The average molecular weight is 805 g/mol. The molecule has 13 nitrogen and oxygen atoms in total. The van der Waals surface area contributed by atoms with Gasteiger partial charge >= 0.3 is 11.9 Å². The molecular formula is C30H23Br2N5O8S2. The van der Waals surface area contributed by atoms with Crippen molar-refractivity contribution in [2.75, 3.05) is 17.7 Å². The Bertz CT molecular complexity index is 1740. The summed E-state index contributed by atoms with van der Waals surface area (Å²) in [5, 5.41) is 19.5. The first kappa shape index (κ1) is 34.0. The zero-order valence-electron chi connectivity index (χ0n) is 23.9. The second kappa shape index (κ2) is 15.5. The van der Waals surface area contributed by atoms with Crippen molar-refractivity contribution in [3.63, 3.8) is 0 Å². The summed E-state index contributed by atoms with van der Waals surface area (Å²) in [7, 11) is 0. The monoisotopic (exact) mass is 803 g/mol. The van der Waals surface area contributed by atoms with Crippen molar-refractivity contribution in [3.05, 3.63) is 104 Å². The lowest BCUT2D eigenvalue weighted by Gasteiger charge is -2.49. The number of fused-ring (bicyclic) bond motifs is 1. The highest BCUT2D eigenvalue weighted by Gasteiger charge is 2.54. The van der Waals surface area contributed by atoms with Gasteiger partial charge in [0.1, 0.15) is 22.8 Å². The Morgan fingerprint density at radius 2 is 1.77 bits per heavy atom. The van der Waals surface area contributed by atoms with Gasteiger partial charge in [-0.15, -0.1) is 23.1 Å². The summed E-state index contributed by atoms with van der Waals surface area (Å²) in [5.74, 6) is -3.31. The molecule has 17 heteroatoms. The van der Waals surface area contributed by atoms with E-state index in [4.69, 9.17) is 9.57 Å². The lowest BCUT2D eigenvalue weighted by molar-refractivity contribution is -0.153. The lowest BCUT2D eigenvalue weighted by Crippen LogP contribution is -2.71. The van der Waals surface area contributed by atoms with E-state index in [2.05, 4.69) is 52.6 Å². The molecule has 1 fully saturated rings. The molecule has 2 aliphatic rings. The van der Waals surface area contributed by atoms with Gasteiger partial charge in [0.25, 0.3) is 11.8 Å². The van der Waals surface area contributed by atoms with Crippen LogP contribution < -0.4 is 10.6 Å². The molecule has 47 heavy (non-hydrogen) atoms. The number of carbonyl (C=O) groups excluding carboxylic acids is 4. The molecule has 3 aromatic rings. The Balaban J connectivity index is 1.32. The van der Waals surface area contributed by atoms with E-state index in [9.17, 15) is 29.1 Å². The molecule has 2 aromatic carbocycles. The highest BCUT2D eigenvalue weighted by Crippen LogP contribution is 2.41. The van der Waals surface area contributed by atoms with Crippen molar-refractivity contribution in [2.24, 2.45) is 5.16 Å². The minimum absolute atomic E-state index is 0.00249. The van der Waals surface area contributed by atoms with Crippen LogP contribution in [0.25, 0.3) is 0 Å². The van der Waals surface area contributed by atoms with Crippen LogP contribution in [0.2, 0.25) is 0 Å². The summed E-state index contributed by atoms with van der Waals surface area (Å²) in [5.41, 5.74) is 1.29. The molecule has 3 heterocycles. The molecule has 1 saturated heterocycles. The fraction of sp³-hybridized carbons (Fsp3) is 0.167. The van der Waals surface area contributed by atoms with Crippen molar-refractivity contribution in [1.29, 1.82) is 0 Å². The smallest absolute Gasteiger partial charge is 0.352 e. The molecule has 0 radical (unpaired) electrons. The van der Waals surface area contributed by atoms with Crippen LogP contribution in [-0.4, -0.2) is 74.6 Å². The van der Waals surface area contributed by atoms with Gasteiger partial charge in [0.2, 0.25) is 13.0 Å². The number of oxime groups is 1. The van der Waals surface area contributed by atoms with Crippen LogP contribution in [-0.2, 0) is 33.5 Å². The maximum atomic E-state index is 13.5. The number of β-lactam (4-membered cyclic amide) rings is 1. The van der Waals surface area contributed by atoms with Gasteiger partial charge < -0.3 is 25.3 Å². The SMILES string of the molecule is O=CNc1nc(/C(=N\OCC(=O)OC(c2ccccc2)c2ccccc2)C(=O)NC2C(=O)N3C(C(=O)O)=C(C=C(Br)Br)CS[C@H]23)cs1. The first-order chi connectivity index (χ1) is 22.7. The second-order valence-corrected chi connectivity index (χ2v) is 14.4. The third-order valence-corrected chi connectivity index (χ3v) is 9.24. The number of carbonyl (C=O) groups is 5. The minimum Gasteiger partial charge on any atom is -0.477 e. The summed E-state index contributed by atoms with van der Waals surface area (Å²) in [6.45, 7) is -0.669. The normalized spacial score (nSPS) is 17.3. The molecule has 0 bridgehead atoms. The van der Waals surface area contributed by atoms with Gasteiger partial charge in [0.05, 0.1) is 3.39 Å². The maximum absolute atomic E-state index is 13.5. The Hall–Kier alpha value is -4.32. The van der Waals surface area contributed by atoms with Crippen molar-refractivity contribution >= 4 is 96.0 Å². The van der Waals surface area contributed by atoms with E-state index in [1.54, 1.807) is 6.08 Å². The molecule has 2 atom stereocenters. The summed E-state index contributed by atoms with van der Waals surface area (Å²) < 4.78 is 6.22. The number of anilines is 1. The molecule has 1 aromatic heterocycles. The number of rotatable bonds is 13. The van der Waals surface area contributed by atoms with Crippen LogP contribution in [0.15, 0.2) is 91.9 Å².